The summed E-state index contributed by atoms with van der Waals surface area (Å²) in [5, 5.41) is 12.4. The Balaban J connectivity index is 2.03. The lowest BCUT2D eigenvalue weighted by Crippen LogP contribution is -2.21. The van der Waals surface area contributed by atoms with Crippen molar-refractivity contribution in [2.45, 2.75) is 20.4 Å². The number of esters is 1. The molecule has 2 rings (SSSR count). The predicted octanol–water partition coefficient (Wildman–Crippen LogP) is 3.49. The van der Waals surface area contributed by atoms with Gasteiger partial charge in [0.15, 0.2) is 6.61 Å². The molecular weight excluding hydrogens is 394 g/mol. The molecular formula is C21H22ClN3O4. The van der Waals surface area contributed by atoms with Crippen molar-refractivity contribution in [2.75, 3.05) is 25.6 Å². The van der Waals surface area contributed by atoms with Crippen LogP contribution in [-0.2, 0) is 25.6 Å². The molecule has 2 aromatic rings. The van der Waals surface area contributed by atoms with Gasteiger partial charge in [0.05, 0.1) is 6.61 Å². The Morgan fingerprint density at radius 1 is 1.31 bits per heavy atom. The maximum atomic E-state index is 12.2. The average molecular weight is 416 g/mol. The van der Waals surface area contributed by atoms with Crippen LogP contribution in [0.15, 0.2) is 35.9 Å². The van der Waals surface area contributed by atoms with E-state index in [-0.39, 0.29) is 5.57 Å². The van der Waals surface area contributed by atoms with Gasteiger partial charge in [0.2, 0.25) is 0 Å². The van der Waals surface area contributed by atoms with Crippen molar-refractivity contribution in [1.82, 2.24) is 4.57 Å². The maximum absolute atomic E-state index is 12.2. The number of hydrogen-bond donors (Lipinski definition) is 1. The highest BCUT2D eigenvalue weighted by molar-refractivity contribution is 6.30. The zero-order valence-electron chi connectivity index (χ0n) is 16.5. The third-order valence-electron chi connectivity index (χ3n) is 4.21. The minimum atomic E-state index is -0.865. The summed E-state index contributed by atoms with van der Waals surface area (Å²) >= 11 is 5.86. The van der Waals surface area contributed by atoms with Gasteiger partial charge in [0.1, 0.15) is 11.6 Å². The van der Waals surface area contributed by atoms with Gasteiger partial charge in [-0.15, -0.1) is 0 Å². The normalized spacial score (nSPS) is 11.1. The standard InChI is InChI=1S/C21H22ClN3O4/c1-14-9-16(15(2)25(14)7-8-28-3)10-17(12-23)21(27)29-13-20(26)24-19-6-4-5-18(22)11-19/h4-6,9-11H,7-8,13H2,1-3H3,(H,24,26)/b17-10+. The Bertz CT molecular complexity index is 973. The number of benzene rings is 1. The molecule has 152 valence electrons. The topological polar surface area (TPSA) is 93.3 Å². The Morgan fingerprint density at radius 2 is 2.07 bits per heavy atom. The molecule has 1 aromatic heterocycles. The van der Waals surface area contributed by atoms with Crippen LogP contribution in [0.3, 0.4) is 0 Å². The monoisotopic (exact) mass is 415 g/mol. The van der Waals surface area contributed by atoms with Crippen molar-refractivity contribution in [3.63, 3.8) is 0 Å². The summed E-state index contributed by atoms with van der Waals surface area (Å²) in [6, 6.07) is 10.3. The van der Waals surface area contributed by atoms with Gasteiger partial charge in [0.25, 0.3) is 5.91 Å². The van der Waals surface area contributed by atoms with Crippen molar-refractivity contribution in [3.8, 4) is 6.07 Å². The summed E-state index contributed by atoms with van der Waals surface area (Å²) in [4.78, 5) is 24.2. The molecule has 0 bridgehead atoms. The number of carbonyl (C=O) groups is 2. The molecule has 0 aliphatic rings. The van der Waals surface area contributed by atoms with Crippen LogP contribution < -0.4 is 5.32 Å². The van der Waals surface area contributed by atoms with Crippen molar-refractivity contribution < 1.29 is 19.1 Å². The molecule has 0 saturated heterocycles. The second kappa shape index (κ2) is 10.5. The first kappa shape index (κ1) is 22.2. The minimum Gasteiger partial charge on any atom is -0.451 e. The van der Waals surface area contributed by atoms with E-state index in [4.69, 9.17) is 21.1 Å². The van der Waals surface area contributed by atoms with Gasteiger partial charge in [-0.1, -0.05) is 17.7 Å². The largest absolute Gasteiger partial charge is 0.451 e. The third-order valence-corrected chi connectivity index (χ3v) is 4.45. The number of rotatable bonds is 8. The first-order valence-corrected chi connectivity index (χ1v) is 9.23. The molecule has 1 amide bonds. The van der Waals surface area contributed by atoms with Gasteiger partial charge < -0.3 is 19.4 Å². The number of anilines is 1. The smallest absolute Gasteiger partial charge is 0.349 e. The second-order valence-corrected chi connectivity index (χ2v) is 6.71. The number of aryl methyl sites for hydroxylation is 1. The quantitative estimate of drug-likeness (QED) is 0.404. The number of nitriles is 1. The van der Waals surface area contributed by atoms with Gasteiger partial charge in [-0.2, -0.15) is 5.26 Å². The van der Waals surface area contributed by atoms with Crippen molar-refractivity contribution in [3.05, 3.63) is 57.9 Å². The molecule has 29 heavy (non-hydrogen) atoms. The number of amides is 1. The Hall–Kier alpha value is -3.08. The molecule has 0 unspecified atom stereocenters. The third kappa shape index (κ3) is 6.21. The number of aromatic nitrogens is 1. The Kier molecular flexibility index (Phi) is 8.01. The molecule has 1 N–H and O–H groups in total. The van der Waals surface area contributed by atoms with Crippen LogP contribution in [0.1, 0.15) is 17.0 Å². The van der Waals surface area contributed by atoms with Crippen LogP contribution in [0.25, 0.3) is 6.08 Å². The minimum absolute atomic E-state index is 0.187. The van der Waals surface area contributed by atoms with Gasteiger partial charge in [-0.05, 0) is 49.8 Å². The summed E-state index contributed by atoms with van der Waals surface area (Å²) < 4.78 is 12.1. The summed E-state index contributed by atoms with van der Waals surface area (Å²) in [5.41, 5.74) is 2.91. The average Bonchev–Trinajstić information content (AvgIpc) is 2.95. The zero-order chi connectivity index (χ0) is 21.4. The van der Waals surface area contributed by atoms with Crippen LogP contribution in [0, 0.1) is 25.2 Å². The number of hydrogen-bond acceptors (Lipinski definition) is 5. The van der Waals surface area contributed by atoms with Crippen LogP contribution >= 0.6 is 11.6 Å². The highest BCUT2D eigenvalue weighted by Gasteiger charge is 2.15. The molecule has 0 spiro atoms. The van der Waals surface area contributed by atoms with Crippen LogP contribution in [0.2, 0.25) is 5.02 Å². The summed E-state index contributed by atoms with van der Waals surface area (Å²) in [7, 11) is 1.63. The number of nitrogens with one attached hydrogen (secondary N) is 1. The molecule has 1 aromatic carbocycles. The van der Waals surface area contributed by atoms with Crippen molar-refractivity contribution in [2.24, 2.45) is 0 Å². The van der Waals surface area contributed by atoms with Crippen LogP contribution in [-0.4, -0.2) is 36.8 Å². The lowest BCUT2D eigenvalue weighted by Gasteiger charge is -2.08. The SMILES string of the molecule is COCCn1c(C)cc(/C=C(\C#N)C(=O)OCC(=O)Nc2cccc(Cl)c2)c1C. The van der Waals surface area contributed by atoms with Gasteiger partial charge >= 0.3 is 5.97 Å². The van der Waals surface area contributed by atoms with E-state index in [0.717, 1.165) is 17.0 Å². The molecule has 0 aliphatic carbocycles. The first-order valence-electron chi connectivity index (χ1n) is 8.85. The maximum Gasteiger partial charge on any atom is 0.349 e. The van der Waals surface area contributed by atoms with E-state index in [0.29, 0.717) is 23.9 Å². The second-order valence-electron chi connectivity index (χ2n) is 6.28. The fourth-order valence-electron chi connectivity index (χ4n) is 2.77. The molecule has 0 radical (unpaired) electrons. The van der Waals surface area contributed by atoms with E-state index in [1.165, 1.54) is 6.08 Å². The fourth-order valence-corrected chi connectivity index (χ4v) is 2.96. The fraction of sp³-hybridized carbons (Fsp3) is 0.286. The van der Waals surface area contributed by atoms with Gasteiger partial charge in [-0.25, -0.2) is 4.79 Å². The number of methoxy groups -OCH3 is 1. The number of ether oxygens (including phenoxy) is 2. The lowest BCUT2D eigenvalue weighted by molar-refractivity contribution is -0.142. The first-order chi connectivity index (χ1) is 13.8. The van der Waals surface area contributed by atoms with E-state index in [1.807, 2.05) is 30.6 Å². The van der Waals surface area contributed by atoms with Crippen molar-refractivity contribution in [1.29, 1.82) is 5.26 Å². The Labute approximate surface area is 174 Å². The molecule has 0 aliphatic heterocycles. The van der Waals surface area contributed by atoms with Gasteiger partial charge in [0, 0.05) is 35.8 Å². The van der Waals surface area contributed by atoms with E-state index in [1.54, 1.807) is 31.4 Å². The van der Waals surface area contributed by atoms with Crippen LogP contribution in [0.5, 0.6) is 0 Å². The highest BCUT2D eigenvalue weighted by atomic mass is 35.5. The molecule has 0 fully saturated rings. The number of halogens is 1. The lowest BCUT2D eigenvalue weighted by atomic mass is 10.1. The highest BCUT2D eigenvalue weighted by Crippen LogP contribution is 2.19. The molecule has 0 saturated carbocycles. The van der Waals surface area contributed by atoms with Gasteiger partial charge in [-0.3, -0.25) is 4.79 Å². The summed E-state index contributed by atoms with van der Waals surface area (Å²) in [5.74, 6) is -1.40. The van der Waals surface area contributed by atoms with Crippen molar-refractivity contribution >= 4 is 35.2 Å². The zero-order valence-corrected chi connectivity index (χ0v) is 17.2. The van der Waals surface area contributed by atoms with E-state index >= 15 is 0 Å². The number of carbonyl (C=O) groups excluding carboxylic acids is 2. The molecule has 1 heterocycles. The predicted molar refractivity (Wildman–Crippen MR) is 110 cm³/mol. The van der Waals surface area contributed by atoms with Crippen LogP contribution in [0.4, 0.5) is 5.69 Å². The number of nitrogens with zero attached hydrogens (tertiary/aromatic N) is 2. The van der Waals surface area contributed by atoms with E-state index < -0.39 is 18.5 Å². The Morgan fingerprint density at radius 3 is 2.72 bits per heavy atom. The molecule has 7 nitrogen and oxygen atoms in total. The summed E-state index contributed by atoms with van der Waals surface area (Å²) in [6.45, 7) is 4.53. The molecule has 0 atom stereocenters. The van der Waals surface area contributed by atoms with E-state index in [9.17, 15) is 14.9 Å². The van der Waals surface area contributed by atoms with E-state index in [2.05, 4.69) is 5.32 Å². The summed E-state index contributed by atoms with van der Waals surface area (Å²) in [6.07, 6.45) is 1.46. The molecule has 8 heteroatoms.